The fourth-order valence-corrected chi connectivity index (χ4v) is 1.42. The van der Waals surface area contributed by atoms with E-state index in [9.17, 15) is 4.79 Å². The number of hydrogen-bond acceptors (Lipinski definition) is 5. The van der Waals surface area contributed by atoms with E-state index < -0.39 is 12.3 Å². The van der Waals surface area contributed by atoms with Gasteiger partial charge in [-0.05, 0) is 12.5 Å². The summed E-state index contributed by atoms with van der Waals surface area (Å²) >= 11 is 0. The van der Waals surface area contributed by atoms with Crippen molar-refractivity contribution in [1.29, 1.82) is 0 Å². The number of methoxy groups -OCH3 is 3. The Bertz CT molecular complexity index is 351. The van der Waals surface area contributed by atoms with Crippen molar-refractivity contribution < 1.29 is 23.4 Å². The van der Waals surface area contributed by atoms with Crippen LogP contribution in [0.25, 0.3) is 0 Å². The minimum Gasteiger partial charge on any atom is -0.463 e. The molecule has 5 nitrogen and oxygen atoms in total. The van der Waals surface area contributed by atoms with Crippen LogP contribution in [0.3, 0.4) is 0 Å². The Morgan fingerprint density at radius 2 is 2.00 bits per heavy atom. The van der Waals surface area contributed by atoms with Crippen LogP contribution >= 0.6 is 0 Å². The molecule has 1 rings (SSSR count). The number of aryl methyl sites for hydroxylation is 1. The lowest BCUT2D eigenvalue weighted by molar-refractivity contribution is -0.118. The van der Waals surface area contributed by atoms with Crippen LogP contribution < -0.4 is 0 Å². The molecule has 0 amide bonds. The summed E-state index contributed by atoms with van der Waals surface area (Å²) in [7, 11) is 4.31. The Kier molecular flexibility index (Phi) is 4.52. The van der Waals surface area contributed by atoms with E-state index in [0.29, 0.717) is 12.2 Å². The van der Waals surface area contributed by atoms with Crippen LogP contribution in [0.5, 0.6) is 0 Å². The number of esters is 1. The predicted molar refractivity (Wildman–Crippen MR) is 56.2 cm³/mol. The van der Waals surface area contributed by atoms with E-state index in [-0.39, 0.29) is 5.76 Å². The molecule has 0 fully saturated rings. The molecule has 0 spiro atoms. The summed E-state index contributed by atoms with van der Waals surface area (Å²) in [6.07, 6.45) is 0.0670. The maximum Gasteiger partial charge on any atom is 0.374 e. The van der Waals surface area contributed by atoms with Gasteiger partial charge >= 0.3 is 5.97 Å². The average molecular weight is 228 g/mol. The first-order valence-electron chi connectivity index (χ1n) is 4.94. The van der Waals surface area contributed by atoms with Crippen molar-refractivity contribution in [2.45, 2.75) is 19.6 Å². The first kappa shape index (κ1) is 12.7. The summed E-state index contributed by atoms with van der Waals surface area (Å²) in [5, 5.41) is 0. The Balaban J connectivity index is 3.06. The molecule has 0 aromatic carbocycles. The highest BCUT2D eigenvalue weighted by molar-refractivity contribution is 5.88. The summed E-state index contributed by atoms with van der Waals surface area (Å²) in [4.78, 5) is 11.4. The predicted octanol–water partition coefficient (Wildman–Crippen LogP) is 1.92. The van der Waals surface area contributed by atoms with Gasteiger partial charge in [0.25, 0.3) is 0 Å². The van der Waals surface area contributed by atoms with Crippen LogP contribution in [0.4, 0.5) is 0 Å². The van der Waals surface area contributed by atoms with E-state index in [1.807, 2.05) is 6.92 Å². The van der Waals surface area contributed by atoms with Gasteiger partial charge in [-0.3, -0.25) is 0 Å². The fourth-order valence-electron chi connectivity index (χ4n) is 1.42. The number of furan rings is 1. The molecule has 0 bridgehead atoms. The van der Waals surface area contributed by atoms with E-state index in [0.717, 1.165) is 5.56 Å². The molecule has 1 aromatic rings. The maximum atomic E-state index is 11.4. The highest BCUT2D eigenvalue weighted by Crippen LogP contribution is 2.24. The van der Waals surface area contributed by atoms with Gasteiger partial charge in [-0.2, -0.15) is 0 Å². The zero-order valence-corrected chi connectivity index (χ0v) is 9.90. The topological polar surface area (TPSA) is 57.9 Å². The average Bonchev–Trinajstić information content (AvgIpc) is 2.73. The van der Waals surface area contributed by atoms with Crippen molar-refractivity contribution >= 4 is 5.97 Å². The molecule has 0 unspecified atom stereocenters. The quantitative estimate of drug-likeness (QED) is 0.569. The smallest absolute Gasteiger partial charge is 0.374 e. The number of ether oxygens (including phenoxy) is 3. The summed E-state index contributed by atoms with van der Waals surface area (Å²) in [6.45, 7) is 1.93. The van der Waals surface area contributed by atoms with Crippen molar-refractivity contribution in [1.82, 2.24) is 0 Å². The van der Waals surface area contributed by atoms with Gasteiger partial charge in [-0.15, -0.1) is 0 Å². The second-order valence-electron chi connectivity index (χ2n) is 3.15. The Morgan fingerprint density at radius 1 is 1.38 bits per heavy atom. The van der Waals surface area contributed by atoms with E-state index in [1.165, 1.54) is 21.3 Å². The SMILES string of the molecule is CCc1cc(C(OC)OC)oc1C(=O)OC. The van der Waals surface area contributed by atoms with Crippen LogP contribution in [0.1, 0.15) is 35.1 Å². The molecule has 90 valence electrons. The summed E-state index contributed by atoms with van der Waals surface area (Å²) in [5.41, 5.74) is 0.779. The second-order valence-corrected chi connectivity index (χ2v) is 3.15. The molecule has 1 aromatic heterocycles. The zero-order chi connectivity index (χ0) is 12.1. The Labute approximate surface area is 94.3 Å². The van der Waals surface area contributed by atoms with E-state index in [2.05, 4.69) is 4.74 Å². The summed E-state index contributed by atoms with van der Waals surface area (Å²) < 4.78 is 20.1. The number of hydrogen-bond donors (Lipinski definition) is 0. The maximum absolute atomic E-state index is 11.4. The van der Waals surface area contributed by atoms with E-state index in [1.54, 1.807) is 6.07 Å². The Morgan fingerprint density at radius 3 is 2.44 bits per heavy atom. The minimum atomic E-state index is -0.608. The normalized spacial score (nSPS) is 10.8. The van der Waals surface area contributed by atoms with Crippen molar-refractivity contribution in [2.24, 2.45) is 0 Å². The van der Waals surface area contributed by atoms with Gasteiger partial charge in [-0.25, -0.2) is 4.79 Å². The second kappa shape index (κ2) is 5.67. The van der Waals surface area contributed by atoms with Crippen molar-refractivity contribution in [3.05, 3.63) is 23.2 Å². The molecule has 0 saturated heterocycles. The summed E-state index contributed by atoms with van der Waals surface area (Å²) in [6, 6.07) is 1.74. The Hall–Kier alpha value is -1.33. The van der Waals surface area contributed by atoms with Crippen LogP contribution in [0.15, 0.2) is 10.5 Å². The molecule has 0 aliphatic carbocycles. The molecule has 0 aliphatic heterocycles. The van der Waals surface area contributed by atoms with Gasteiger partial charge in [0.2, 0.25) is 12.1 Å². The van der Waals surface area contributed by atoms with Gasteiger partial charge in [0.15, 0.2) is 5.76 Å². The third-order valence-electron chi connectivity index (χ3n) is 2.24. The van der Waals surface area contributed by atoms with Crippen LogP contribution in [0.2, 0.25) is 0 Å². The van der Waals surface area contributed by atoms with Crippen molar-refractivity contribution in [3.63, 3.8) is 0 Å². The van der Waals surface area contributed by atoms with E-state index in [4.69, 9.17) is 13.9 Å². The van der Waals surface area contributed by atoms with Crippen LogP contribution in [0, 0.1) is 0 Å². The van der Waals surface area contributed by atoms with Crippen molar-refractivity contribution in [3.8, 4) is 0 Å². The lowest BCUT2D eigenvalue weighted by Crippen LogP contribution is -2.03. The number of carbonyl (C=O) groups excluding carboxylic acids is 1. The highest BCUT2D eigenvalue weighted by Gasteiger charge is 2.22. The third-order valence-corrected chi connectivity index (χ3v) is 2.24. The molecule has 0 radical (unpaired) electrons. The molecule has 1 heterocycles. The molecule has 0 N–H and O–H groups in total. The number of rotatable bonds is 5. The van der Waals surface area contributed by atoms with Crippen LogP contribution in [-0.2, 0) is 20.6 Å². The first-order chi connectivity index (χ1) is 7.67. The molecule has 5 heteroatoms. The highest BCUT2D eigenvalue weighted by atomic mass is 16.7. The zero-order valence-electron chi connectivity index (χ0n) is 9.90. The standard InChI is InChI=1S/C11H16O5/c1-5-7-6-8(11(14-3)15-4)16-9(7)10(12)13-2/h6,11H,5H2,1-4H3. The lowest BCUT2D eigenvalue weighted by atomic mass is 10.2. The van der Waals surface area contributed by atoms with Gasteiger partial charge in [0, 0.05) is 19.8 Å². The van der Waals surface area contributed by atoms with Crippen molar-refractivity contribution in [2.75, 3.05) is 21.3 Å². The summed E-state index contributed by atoms with van der Waals surface area (Å²) in [5.74, 6) is 0.176. The minimum absolute atomic E-state index is 0.208. The van der Waals surface area contributed by atoms with Gasteiger partial charge in [0.1, 0.15) is 0 Å². The molecule has 16 heavy (non-hydrogen) atoms. The van der Waals surface area contributed by atoms with Gasteiger partial charge < -0.3 is 18.6 Å². The van der Waals surface area contributed by atoms with Gasteiger partial charge in [0.05, 0.1) is 7.11 Å². The third kappa shape index (κ3) is 2.43. The number of carbonyl (C=O) groups is 1. The molecule has 0 aliphatic rings. The molecular formula is C11H16O5. The fraction of sp³-hybridized carbons (Fsp3) is 0.545. The van der Waals surface area contributed by atoms with Gasteiger partial charge in [-0.1, -0.05) is 6.92 Å². The largest absolute Gasteiger partial charge is 0.463 e. The molecule has 0 atom stereocenters. The molecular weight excluding hydrogens is 212 g/mol. The molecule has 0 saturated carbocycles. The van der Waals surface area contributed by atoms with E-state index >= 15 is 0 Å². The monoisotopic (exact) mass is 228 g/mol. The van der Waals surface area contributed by atoms with Crippen LogP contribution in [-0.4, -0.2) is 27.3 Å². The lowest BCUT2D eigenvalue weighted by Gasteiger charge is -2.09. The first-order valence-corrected chi connectivity index (χ1v) is 4.94.